The van der Waals surface area contributed by atoms with Crippen molar-refractivity contribution in [3.8, 4) is 0 Å². The second kappa shape index (κ2) is 5.83. The van der Waals surface area contributed by atoms with Crippen molar-refractivity contribution in [1.29, 1.82) is 0 Å². The molecule has 1 aliphatic rings. The van der Waals surface area contributed by atoms with Crippen molar-refractivity contribution in [3.63, 3.8) is 0 Å². The largest absolute Gasteiger partial charge is 0.377 e. The van der Waals surface area contributed by atoms with Gasteiger partial charge < -0.3 is 15.0 Å². The summed E-state index contributed by atoms with van der Waals surface area (Å²) in [4.78, 5) is 17.0. The SMILES string of the molecule is CNc1cc([N+](=O)[O-])cc(N2CCCOC(C)C2)n1. The zero-order valence-electron chi connectivity index (χ0n) is 11.1. The molecule has 1 aliphatic heterocycles. The summed E-state index contributed by atoms with van der Waals surface area (Å²) in [7, 11) is 1.70. The molecular weight excluding hydrogens is 248 g/mol. The molecule has 1 aromatic rings. The topological polar surface area (TPSA) is 80.5 Å². The number of aromatic nitrogens is 1. The third-order valence-corrected chi connectivity index (χ3v) is 3.04. The van der Waals surface area contributed by atoms with Crippen LogP contribution in [0.1, 0.15) is 13.3 Å². The lowest BCUT2D eigenvalue weighted by Crippen LogP contribution is -2.31. The van der Waals surface area contributed by atoms with E-state index in [1.807, 2.05) is 11.8 Å². The van der Waals surface area contributed by atoms with E-state index in [-0.39, 0.29) is 11.8 Å². The Balaban J connectivity index is 2.31. The molecule has 1 aromatic heterocycles. The molecule has 7 nitrogen and oxygen atoms in total. The smallest absolute Gasteiger partial charge is 0.276 e. The first kappa shape index (κ1) is 13.5. The number of ether oxygens (including phenoxy) is 1. The minimum Gasteiger partial charge on any atom is -0.377 e. The van der Waals surface area contributed by atoms with E-state index in [0.717, 1.165) is 13.0 Å². The molecule has 0 aromatic carbocycles. The minimum atomic E-state index is -0.399. The maximum Gasteiger partial charge on any atom is 0.276 e. The molecule has 0 saturated carbocycles. The molecule has 1 N–H and O–H groups in total. The number of nitro groups is 1. The molecule has 19 heavy (non-hydrogen) atoms. The Morgan fingerprint density at radius 3 is 3.05 bits per heavy atom. The lowest BCUT2D eigenvalue weighted by Gasteiger charge is -2.23. The highest BCUT2D eigenvalue weighted by Crippen LogP contribution is 2.24. The Kier molecular flexibility index (Phi) is 4.16. The van der Waals surface area contributed by atoms with E-state index >= 15 is 0 Å². The van der Waals surface area contributed by atoms with Crippen molar-refractivity contribution in [3.05, 3.63) is 22.2 Å². The second-order valence-corrected chi connectivity index (χ2v) is 4.56. The van der Waals surface area contributed by atoms with Gasteiger partial charge in [0.2, 0.25) is 0 Å². The molecule has 7 heteroatoms. The van der Waals surface area contributed by atoms with Gasteiger partial charge in [-0.25, -0.2) is 4.98 Å². The van der Waals surface area contributed by atoms with Crippen LogP contribution < -0.4 is 10.2 Å². The summed E-state index contributed by atoms with van der Waals surface area (Å²) in [5.41, 5.74) is 0.0483. The first-order valence-electron chi connectivity index (χ1n) is 6.31. The summed E-state index contributed by atoms with van der Waals surface area (Å²) >= 11 is 0. The van der Waals surface area contributed by atoms with Crippen molar-refractivity contribution in [2.75, 3.05) is 37.0 Å². The Morgan fingerprint density at radius 2 is 2.37 bits per heavy atom. The van der Waals surface area contributed by atoms with Crippen LogP contribution >= 0.6 is 0 Å². The third-order valence-electron chi connectivity index (χ3n) is 3.04. The highest BCUT2D eigenvalue weighted by molar-refractivity contribution is 5.55. The van der Waals surface area contributed by atoms with Gasteiger partial charge in [-0.05, 0) is 13.3 Å². The van der Waals surface area contributed by atoms with Crippen LogP contribution in [0.2, 0.25) is 0 Å². The quantitative estimate of drug-likeness (QED) is 0.661. The van der Waals surface area contributed by atoms with Gasteiger partial charge in [-0.3, -0.25) is 10.1 Å². The summed E-state index contributed by atoms with van der Waals surface area (Å²) < 4.78 is 5.57. The molecule has 1 saturated heterocycles. The number of nitrogens with zero attached hydrogens (tertiary/aromatic N) is 3. The molecular formula is C12H18N4O3. The average molecular weight is 266 g/mol. The highest BCUT2D eigenvalue weighted by atomic mass is 16.6. The van der Waals surface area contributed by atoms with E-state index in [2.05, 4.69) is 10.3 Å². The van der Waals surface area contributed by atoms with Crippen LogP contribution in [-0.4, -0.2) is 42.8 Å². The molecule has 0 bridgehead atoms. The third kappa shape index (κ3) is 3.31. The van der Waals surface area contributed by atoms with E-state index in [9.17, 15) is 10.1 Å². The summed E-state index contributed by atoms with van der Waals surface area (Å²) in [5, 5.41) is 13.8. The molecule has 1 fully saturated rings. The summed E-state index contributed by atoms with van der Waals surface area (Å²) in [6, 6.07) is 2.94. The van der Waals surface area contributed by atoms with Gasteiger partial charge in [0.1, 0.15) is 11.6 Å². The molecule has 2 rings (SSSR count). The van der Waals surface area contributed by atoms with Gasteiger partial charge in [-0.2, -0.15) is 0 Å². The zero-order valence-corrected chi connectivity index (χ0v) is 11.1. The van der Waals surface area contributed by atoms with E-state index in [1.54, 1.807) is 7.05 Å². The van der Waals surface area contributed by atoms with Crippen LogP contribution in [0.15, 0.2) is 12.1 Å². The maximum absolute atomic E-state index is 10.9. The van der Waals surface area contributed by atoms with Crippen molar-refractivity contribution in [1.82, 2.24) is 4.98 Å². The molecule has 0 spiro atoms. The van der Waals surface area contributed by atoms with Gasteiger partial charge in [0, 0.05) is 26.7 Å². The van der Waals surface area contributed by atoms with Crippen molar-refractivity contribution < 1.29 is 9.66 Å². The normalized spacial score (nSPS) is 19.9. The molecule has 104 valence electrons. The number of hydrogen-bond donors (Lipinski definition) is 1. The predicted octanol–water partition coefficient (Wildman–Crippen LogP) is 1.65. The highest BCUT2D eigenvalue weighted by Gasteiger charge is 2.19. The van der Waals surface area contributed by atoms with Crippen LogP contribution in [0.5, 0.6) is 0 Å². The number of rotatable bonds is 3. The van der Waals surface area contributed by atoms with E-state index in [0.29, 0.717) is 24.8 Å². The lowest BCUT2D eigenvalue weighted by molar-refractivity contribution is -0.384. The van der Waals surface area contributed by atoms with E-state index < -0.39 is 4.92 Å². The monoisotopic (exact) mass is 266 g/mol. The molecule has 1 atom stereocenters. The Labute approximate surface area is 111 Å². The first-order valence-corrected chi connectivity index (χ1v) is 6.31. The molecule has 0 amide bonds. The lowest BCUT2D eigenvalue weighted by atomic mass is 10.3. The first-order chi connectivity index (χ1) is 9.10. The second-order valence-electron chi connectivity index (χ2n) is 4.56. The van der Waals surface area contributed by atoms with Gasteiger partial charge in [0.05, 0.1) is 23.2 Å². The fraction of sp³-hybridized carbons (Fsp3) is 0.583. The predicted molar refractivity (Wildman–Crippen MR) is 72.7 cm³/mol. The number of nitrogens with one attached hydrogen (secondary N) is 1. The average Bonchev–Trinajstić information content (AvgIpc) is 2.62. The summed E-state index contributed by atoms with van der Waals surface area (Å²) in [5.74, 6) is 1.12. The van der Waals surface area contributed by atoms with Gasteiger partial charge in [-0.15, -0.1) is 0 Å². The molecule has 0 radical (unpaired) electrons. The van der Waals surface area contributed by atoms with Crippen LogP contribution in [-0.2, 0) is 4.74 Å². The van der Waals surface area contributed by atoms with Crippen LogP contribution in [0, 0.1) is 10.1 Å². The van der Waals surface area contributed by atoms with Gasteiger partial charge in [0.25, 0.3) is 5.69 Å². The number of hydrogen-bond acceptors (Lipinski definition) is 6. The Morgan fingerprint density at radius 1 is 1.58 bits per heavy atom. The fourth-order valence-electron chi connectivity index (χ4n) is 2.10. The van der Waals surface area contributed by atoms with E-state index in [4.69, 9.17) is 4.74 Å². The standard InChI is InChI=1S/C12H18N4O3/c1-9-8-15(4-3-5-19-9)12-7-10(16(17)18)6-11(13-2)14-12/h6-7,9H,3-5,8H2,1-2H3,(H,13,14). The maximum atomic E-state index is 10.9. The minimum absolute atomic E-state index is 0.0483. The molecule has 0 aliphatic carbocycles. The Hall–Kier alpha value is -1.89. The van der Waals surface area contributed by atoms with Crippen LogP contribution in [0.25, 0.3) is 0 Å². The summed E-state index contributed by atoms with van der Waals surface area (Å²) in [6.45, 7) is 4.19. The van der Waals surface area contributed by atoms with Crippen LogP contribution in [0.4, 0.5) is 17.3 Å². The van der Waals surface area contributed by atoms with Gasteiger partial charge in [-0.1, -0.05) is 0 Å². The van der Waals surface area contributed by atoms with Crippen LogP contribution in [0.3, 0.4) is 0 Å². The number of anilines is 2. The fourth-order valence-corrected chi connectivity index (χ4v) is 2.10. The molecule has 1 unspecified atom stereocenters. The molecule has 2 heterocycles. The van der Waals surface area contributed by atoms with Crippen molar-refractivity contribution >= 4 is 17.3 Å². The van der Waals surface area contributed by atoms with Crippen molar-refractivity contribution in [2.24, 2.45) is 0 Å². The summed E-state index contributed by atoms with van der Waals surface area (Å²) in [6.07, 6.45) is 0.991. The van der Waals surface area contributed by atoms with Gasteiger partial charge >= 0.3 is 0 Å². The van der Waals surface area contributed by atoms with Gasteiger partial charge in [0.15, 0.2) is 0 Å². The van der Waals surface area contributed by atoms with Crippen molar-refractivity contribution in [2.45, 2.75) is 19.4 Å². The zero-order chi connectivity index (χ0) is 13.8. The number of pyridine rings is 1. The Bertz CT molecular complexity index is 466. The van der Waals surface area contributed by atoms with E-state index in [1.165, 1.54) is 12.1 Å².